The van der Waals surface area contributed by atoms with Crippen molar-refractivity contribution in [3.05, 3.63) is 331 Å². The fourth-order valence-corrected chi connectivity index (χ4v) is 17.2. The summed E-state index contributed by atoms with van der Waals surface area (Å²) in [4.78, 5) is 5.20. The van der Waals surface area contributed by atoms with Crippen LogP contribution in [-0.2, 0) is 27.1 Å². The molecule has 0 saturated carbocycles. The Bertz CT molecular complexity index is 6430. The van der Waals surface area contributed by atoms with Gasteiger partial charge in [-0.05, 0) is 195 Å². The van der Waals surface area contributed by atoms with E-state index in [-0.39, 0.29) is 56.8 Å². The third-order valence-electron chi connectivity index (χ3n) is 23.1. The van der Waals surface area contributed by atoms with Crippen molar-refractivity contribution in [2.75, 3.05) is 9.80 Å². The number of fused-ring (bicyclic) bond motifs is 10. The van der Waals surface area contributed by atoms with Gasteiger partial charge in [0.15, 0.2) is 0 Å². The lowest BCUT2D eigenvalue weighted by molar-refractivity contribution is 0.569. The molecule has 4 nitrogen and oxygen atoms in total. The van der Waals surface area contributed by atoms with Gasteiger partial charge in [-0.25, -0.2) is 0 Å². The molecule has 0 spiro atoms. The Morgan fingerprint density at radius 2 is 0.679 bits per heavy atom. The van der Waals surface area contributed by atoms with Gasteiger partial charge in [-0.3, -0.25) is 0 Å². The van der Waals surface area contributed by atoms with E-state index in [0.29, 0.717) is 5.56 Å². The number of anilines is 6. The number of hydrogen-bond donors (Lipinski definition) is 0. The summed E-state index contributed by atoms with van der Waals surface area (Å²) in [6.45, 7) is 34.1. The Morgan fingerprint density at radius 1 is 0.266 bits per heavy atom. The fourth-order valence-electron chi connectivity index (χ4n) is 17.2. The lowest BCUT2D eigenvalue weighted by Gasteiger charge is -2.46. The fraction of sp³-hybridized carbons (Fsp3) is 0.192. The van der Waals surface area contributed by atoms with E-state index in [1.54, 1.807) is 0 Å². The van der Waals surface area contributed by atoms with E-state index in [4.69, 9.17) is 1.37 Å². The molecule has 0 atom stereocenters. The highest BCUT2D eigenvalue weighted by Crippen LogP contribution is 2.56. The monoisotopic (exact) mass is 1420 g/mol. The van der Waals surface area contributed by atoms with E-state index in [9.17, 15) is 5.48 Å². The molecule has 0 radical (unpaired) electrons. The van der Waals surface area contributed by atoms with Crippen LogP contribution in [0.15, 0.2) is 303 Å². The van der Waals surface area contributed by atoms with Crippen LogP contribution >= 0.6 is 0 Å². The molecular weight excluding hydrogens is 1320 g/mol. The van der Waals surface area contributed by atoms with Crippen LogP contribution in [0, 0.1) is 0 Å². The third kappa shape index (κ3) is 11.7. The largest absolute Gasteiger partial charge is 0.310 e. The predicted molar refractivity (Wildman–Crippen MR) is 470 cm³/mol. The van der Waals surface area contributed by atoms with E-state index >= 15 is 0 Å². The van der Waals surface area contributed by atoms with Crippen molar-refractivity contribution in [1.29, 1.82) is 0 Å². The van der Waals surface area contributed by atoms with Crippen LogP contribution in [0.25, 0.3) is 111 Å². The van der Waals surface area contributed by atoms with Gasteiger partial charge in [0.2, 0.25) is 0 Å². The van der Waals surface area contributed by atoms with Gasteiger partial charge in [0.1, 0.15) is 0 Å². The van der Waals surface area contributed by atoms with Crippen LogP contribution in [0.1, 0.15) is 139 Å². The second kappa shape index (κ2) is 25.5. The van der Waals surface area contributed by atoms with Crippen LogP contribution < -0.4 is 26.2 Å². The molecule has 4 heterocycles. The van der Waals surface area contributed by atoms with Gasteiger partial charge in [-0.1, -0.05) is 322 Å². The minimum atomic E-state index is -0.475. The first-order chi connectivity index (χ1) is 54.3. The molecular formula is C104H95BN4. The zero-order valence-electron chi connectivity index (χ0n) is 70.3. The minimum absolute atomic E-state index is 0.136. The molecule has 14 aromatic carbocycles. The van der Waals surface area contributed by atoms with Crippen molar-refractivity contribution in [1.82, 2.24) is 9.13 Å². The number of aromatic nitrogens is 2. The predicted octanol–water partition coefficient (Wildman–Crippen LogP) is 26.8. The standard InChI is InChI=1S/C104H95BN4/c1-100(2,3)73-47-52-89-84(60-73)85-61-74(101(4,5)6)48-53-90(85)107(89)79-64-94-97-95(65-79)109(99-80(67-35-23-17-24-36-67)49-54-91-96(99)81-43-31-32-44-88(81)106(91)78-41-29-20-30-42-78)93-58-71(72-55-75(102(7,8)9)59-76(56-72)103(10,11)12)46-51-87(93)105(97)86-50-45-70(66-33-21-16-22-34-66)57-92(86)108(94)98-82(68-37-25-18-26-38-68)62-77(104(13,14)15)63-83(98)69-39-27-19-28-40-69/h16-65H,1-15H3/i16D,21D,22D,33D,34D. The molecule has 0 unspecified atom stereocenters. The van der Waals surface area contributed by atoms with E-state index in [0.717, 1.165) is 156 Å². The maximum absolute atomic E-state index is 9.79. The smallest absolute Gasteiger partial charge is 0.252 e. The Morgan fingerprint density at radius 3 is 1.17 bits per heavy atom. The second-order valence-electron chi connectivity index (χ2n) is 35.5. The Labute approximate surface area is 651 Å². The van der Waals surface area contributed by atoms with Crippen LogP contribution in [0.3, 0.4) is 0 Å². The molecule has 0 aliphatic carbocycles. The minimum Gasteiger partial charge on any atom is -0.310 e. The molecule has 0 bridgehead atoms. The normalized spacial score (nSPS) is 13.9. The van der Waals surface area contributed by atoms with Crippen LogP contribution in [0.4, 0.5) is 34.1 Å². The lowest BCUT2D eigenvalue weighted by atomic mass is 9.33. The maximum Gasteiger partial charge on any atom is 0.252 e. The first-order valence-corrected chi connectivity index (χ1v) is 38.7. The Balaban J connectivity index is 1.09. The Hall–Kier alpha value is -11.7. The summed E-state index contributed by atoms with van der Waals surface area (Å²) >= 11 is 0. The van der Waals surface area contributed by atoms with Gasteiger partial charge in [0.25, 0.3) is 6.71 Å². The summed E-state index contributed by atoms with van der Waals surface area (Å²) in [6, 6.07) is 100. The quantitative estimate of drug-likeness (QED) is 0.134. The highest BCUT2D eigenvalue weighted by molar-refractivity contribution is 7.00. The van der Waals surface area contributed by atoms with Crippen molar-refractivity contribution < 1.29 is 6.85 Å². The van der Waals surface area contributed by atoms with Crippen LogP contribution in [-0.4, -0.2) is 15.8 Å². The zero-order valence-corrected chi connectivity index (χ0v) is 65.3. The van der Waals surface area contributed by atoms with Crippen LogP contribution in [0.5, 0.6) is 0 Å². The molecule has 0 fully saturated rings. The highest BCUT2D eigenvalue weighted by Gasteiger charge is 2.46. The molecule has 18 rings (SSSR count). The first-order valence-electron chi connectivity index (χ1n) is 41.2. The van der Waals surface area contributed by atoms with Gasteiger partial charge >= 0.3 is 0 Å². The molecule has 2 aliphatic rings. The average Bonchev–Trinajstić information content (AvgIpc) is 1.03. The van der Waals surface area contributed by atoms with E-state index in [1.807, 2.05) is 6.07 Å². The molecule has 534 valence electrons. The summed E-state index contributed by atoms with van der Waals surface area (Å²) < 4.78 is 52.0. The van der Waals surface area contributed by atoms with Crippen molar-refractivity contribution >= 4 is 101 Å². The highest BCUT2D eigenvalue weighted by atomic mass is 15.2. The number of para-hydroxylation sites is 2. The average molecular weight is 1420 g/mol. The molecule has 0 N–H and O–H groups in total. The topological polar surface area (TPSA) is 16.3 Å². The number of hydrogen-bond acceptors (Lipinski definition) is 2. The zero-order chi connectivity index (χ0) is 79.7. The molecule has 0 saturated heterocycles. The van der Waals surface area contributed by atoms with E-state index in [2.05, 4.69) is 390 Å². The molecule has 0 amide bonds. The van der Waals surface area contributed by atoms with Crippen molar-refractivity contribution in [3.8, 4) is 67.0 Å². The summed E-state index contributed by atoms with van der Waals surface area (Å²) in [6.07, 6.45) is 0. The van der Waals surface area contributed by atoms with Gasteiger partial charge < -0.3 is 18.9 Å². The van der Waals surface area contributed by atoms with Crippen LogP contribution in [0.2, 0.25) is 0 Å². The lowest BCUT2D eigenvalue weighted by Crippen LogP contribution is -2.61. The van der Waals surface area contributed by atoms with Crippen molar-refractivity contribution in [2.24, 2.45) is 0 Å². The third-order valence-corrected chi connectivity index (χ3v) is 23.1. The summed E-state index contributed by atoms with van der Waals surface area (Å²) in [5, 5.41) is 4.54. The summed E-state index contributed by atoms with van der Waals surface area (Å²) in [7, 11) is 0. The van der Waals surface area contributed by atoms with E-state index in [1.165, 1.54) is 22.3 Å². The van der Waals surface area contributed by atoms with Crippen molar-refractivity contribution in [3.63, 3.8) is 0 Å². The SMILES string of the molecule is [2H]c1c([2H])c([2H])c(-c2ccc3c(c2)N(c2c(-c4ccccc4)cc(C(C)(C)C)cc2-c2ccccc2)c2cc(-n4c5ccc(C(C)(C)C)cc5c5cc(C(C)(C)C)ccc54)cc4c2B3c2ccc(-c3cc(C(C)(C)C)cc(C(C)(C)C)c3)cc2N4c2c(-c3ccccc3)ccc3c2c2ccccc2n3-c2ccccc2)c([2H])c1[2H]. The molecule has 16 aromatic rings. The molecule has 109 heavy (non-hydrogen) atoms. The summed E-state index contributed by atoms with van der Waals surface area (Å²) in [5.41, 5.74) is 29.4. The van der Waals surface area contributed by atoms with Gasteiger partial charge in [-0.2, -0.15) is 0 Å². The van der Waals surface area contributed by atoms with E-state index < -0.39 is 12.8 Å². The molecule has 2 aliphatic heterocycles. The molecule has 5 heteroatoms. The van der Waals surface area contributed by atoms with Crippen molar-refractivity contribution in [2.45, 2.75) is 131 Å². The maximum atomic E-state index is 9.79. The summed E-state index contributed by atoms with van der Waals surface area (Å²) in [5.74, 6) is 0. The Kier molecular flexibility index (Phi) is 14.8. The van der Waals surface area contributed by atoms with Gasteiger partial charge in [-0.15, -0.1) is 0 Å². The number of nitrogens with zero attached hydrogens (tertiary/aromatic N) is 4. The number of benzene rings is 14. The van der Waals surface area contributed by atoms with Gasteiger partial charge in [0.05, 0.1) is 46.0 Å². The first kappa shape index (κ1) is 63.4. The molecule has 2 aromatic heterocycles. The second-order valence-corrected chi connectivity index (χ2v) is 35.5. The van der Waals surface area contributed by atoms with Gasteiger partial charge in [0, 0.05) is 66.7 Å². The number of rotatable bonds is 9.